The quantitative estimate of drug-likeness (QED) is 0.692. The molecular weight excluding hydrogens is 322 g/mol. The summed E-state index contributed by atoms with van der Waals surface area (Å²) in [6, 6.07) is 11.5. The summed E-state index contributed by atoms with van der Waals surface area (Å²) in [6.07, 6.45) is 1.26. The van der Waals surface area contributed by atoms with Crippen LogP contribution in [0.2, 0.25) is 0 Å². The van der Waals surface area contributed by atoms with Gasteiger partial charge in [-0.15, -0.1) is 0 Å². The van der Waals surface area contributed by atoms with E-state index in [1.807, 2.05) is 47.2 Å². The van der Waals surface area contributed by atoms with Crippen molar-refractivity contribution in [2.75, 3.05) is 6.54 Å². The van der Waals surface area contributed by atoms with Crippen molar-refractivity contribution < 1.29 is 14.3 Å². The van der Waals surface area contributed by atoms with Gasteiger partial charge in [0.15, 0.2) is 0 Å². The molecule has 0 radical (unpaired) electrons. The minimum atomic E-state index is -1.13. The Bertz CT molecular complexity index is 816. The highest BCUT2D eigenvalue weighted by Gasteiger charge is 2.29. The first kappa shape index (κ1) is 16.5. The van der Waals surface area contributed by atoms with Crippen LogP contribution >= 0.6 is 11.3 Å². The van der Waals surface area contributed by atoms with Gasteiger partial charge in [0.2, 0.25) is 5.91 Å². The summed E-state index contributed by atoms with van der Waals surface area (Å²) in [5, 5.41) is 15.5. The lowest BCUT2D eigenvalue weighted by atomic mass is 9.98. The Balaban J connectivity index is 1.84. The number of carbonyl (C=O) groups excluding carboxylic acids is 1. The number of benzene rings is 1. The predicted molar refractivity (Wildman–Crippen MR) is 95.7 cm³/mol. The second-order valence-corrected chi connectivity index (χ2v) is 6.71. The third-order valence-electron chi connectivity index (χ3n) is 3.95. The molecule has 0 aliphatic rings. The molecule has 0 aliphatic heterocycles. The number of fused-ring (bicyclic) bond motifs is 1. The van der Waals surface area contributed by atoms with E-state index in [2.05, 4.69) is 6.58 Å². The van der Waals surface area contributed by atoms with E-state index < -0.39 is 5.60 Å². The van der Waals surface area contributed by atoms with Crippen LogP contribution in [0, 0.1) is 0 Å². The number of amides is 1. The zero-order chi connectivity index (χ0) is 17.2. The molecule has 0 saturated heterocycles. The molecule has 0 bridgehead atoms. The number of hydrogen-bond donors (Lipinski definition) is 1. The van der Waals surface area contributed by atoms with E-state index in [-0.39, 0.29) is 19.0 Å². The van der Waals surface area contributed by atoms with Gasteiger partial charge < -0.3 is 14.4 Å². The lowest BCUT2D eigenvalue weighted by Crippen LogP contribution is -2.41. The summed E-state index contributed by atoms with van der Waals surface area (Å²) < 4.78 is 5.79. The Hall–Kier alpha value is -2.37. The highest BCUT2D eigenvalue weighted by Crippen LogP contribution is 2.26. The Kier molecular flexibility index (Phi) is 4.55. The van der Waals surface area contributed by atoms with E-state index in [0.717, 1.165) is 16.5 Å². The molecule has 0 aliphatic carbocycles. The molecule has 2 aromatic heterocycles. The van der Waals surface area contributed by atoms with Crippen LogP contribution in [0.5, 0.6) is 0 Å². The van der Waals surface area contributed by atoms with Crippen LogP contribution in [0.15, 0.2) is 64.2 Å². The molecule has 0 fully saturated rings. The zero-order valence-electron chi connectivity index (χ0n) is 13.4. The molecule has 1 atom stereocenters. The van der Waals surface area contributed by atoms with Crippen molar-refractivity contribution in [3.05, 3.63) is 71.1 Å². The second-order valence-electron chi connectivity index (χ2n) is 5.93. The first-order chi connectivity index (χ1) is 11.5. The fraction of sp³-hybridized carbons (Fsp3) is 0.211. The molecule has 1 N–H and O–H groups in total. The van der Waals surface area contributed by atoms with Gasteiger partial charge >= 0.3 is 0 Å². The van der Waals surface area contributed by atoms with Crippen LogP contribution in [0.4, 0.5) is 0 Å². The fourth-order valence-corrected chi connectivity index (χ4v) is 3.46. The number of aliphatic hydroxyl groups is 1. The van der Waals surface area contributed by atoms with E-state index >= 15 is 0 Å². The molecule has 124 valence electrons. The van der Waals surface area contributed by atoms with Crippen LogP contribution < -0.4 is 0 Å². The number of hydrogen-bond acceptors (Lipinski definition) is 4. The summed E-state index contributed by atoms with van der Waals surface area (Å²) in [6.45, 7) is 5.70. The van der Waals surface area contributed by atoms with Gasteiger partial charge in [0.25, 0.3) is 0 Å². The summed E-state index contributed by atoms with van der Waals surface area (Å²) in [5.41, 5.74) is 0.437. The van der Waals surface area contributed by atoms with Crippen molar-refractivity contribution in [3.63, 3.8) is 0 Å². The lowest BCUT2D eigenvalue weighted by Gasteiger charge is -2.30. The highest BCUT2D eigenvalue weighted by atomic mass is 32.1. The summed E-state index contributed by atoms with van der Waals surface area (Å²) in [7, 11) is 0. The summed E-state index contributed by atoms with van der Waals surface area (Å²) in [4.78, 5) is 13.8. The largest absolute Gasteiger partial charge is 0.459 e. The molecule has 24 heavy (non-hydrogen) atoms. The molecule has 1 unspecified atom stereocenters. The van der Waals surface area contributed by atoms with E-state index in [1.165, 1.54) is 17.4 Å². The number of para-hydroxylation sites is 1. The maximum atomic E-state index is 12.2. The van der Waals surface area contributed by atoms with E-state index in [9.17, 15) is 9.90 Å². The molecule has 3 rings (SSSR count). The van der Waals surface area contributed by atoms with E-state index in [0.29, 0.717) is 5.76 Å². The van der Waals surface area contributed by atoms with Gasteiger partial charge in [-0.05, 0) is 47.5 Å². The average molecular weight is 341 g/mol. The topological polar surface area (TPSA) is 53.7 Å². The average Bonchev–Trinajstić information content (AvgIpc) is 3.22. The SMILES string of the molecule is C=CC(=O)N(Cc1cc2ccccc2o1)CC(C)(O)c1ccsc1. The van der Waals surface area contributed by atoms with Crippen LogP contribution in [0.1, 0.15) is 18.2 Å². The zero-order valence-corrected chi connectivity index (χ0v) is 14.3. The van der Waals surface area contributed by atoms with Crippen molar-refractivity contribution in [1.82, 2.24) is 4.90 Å². The third-order valence-corrected chi connectivity index (χ3v) is 4.63. The molecular formula is C19H19NO3S. The first-order valence-electron chi connectivity index (χ1n) is 7.63. The lowest BCUT2D eigenvalue weighted by molar-refractivity contribution is -0.130. The Morgan fingerprint density at radius 2 is 2.21 bits per heavy atom. The minimum Gasteiger partial charge on any atom is -0.459 e. The van der Waals surface area contributed by atoms with Crippen molar-refractivity contribution in [2.45, 2.75) is 19.1 Å². The van der Waals surface area contributed by atoms with Crippen LogP contribution in [-0.4, -0.2) is 22.5 Å². The molecule has 1 amide bonds. The maximum absolute atomic E-state index is 12.2. The Labute approximate surface area is 144 Å². The molecule has 4 nitrogen and oxygen atoms in total. The van der Waals surface area contributed by atoms with Crippen LogP contribution in [0.3, 0.4) is 0 Å². The third kappa shape index (κ3) is 3.42. The first-order valence-corrected chi connectivity index (χ1v) is 8.58. The van der Waals surface area contributed by atoms with Crippen molar-refractivity contribution >= 4 is 28.2 Å². The van der Waals surface area contributed by atoms with Crippen LogP contribution in [0.25, 0.3) is 11.0 Å². The van der Waals surface area contributed by atoms with Crippen molar-refractivity contribution in [1.29, 1.82) is 0 Å². The van der Waals surface area contributed by atoms with Crippen molar-refractivity contribution in [2.24, 2.45) is 0 Å². The van der Waals surface area contributed by atoms with Gasteiger partial charge in [-0.2, -0.15) is 11.3 Å². The van der Waals surface area contributed by atoms with E-state index in [4.69, 9.17) is 4.42 Å². The number of thiophene rings is 1. The Morgan fingerprint density at radius 1 is 1.42 bits per heavy atom. The number of furan rings is 1. The van der Waals surface area contributed by atoms with E-state index in [1.54, 1.807) is 11.8 Å². The fourth-order valence-electron chi connectivity index (χ4n) is 2.68. The second kappa shape index (κ2) is 6.63. The highest BCUT2D eigenvalue weighted by molar-refractivity contribution is 7.08. The van der Waals surface area contributed by atoms with Gasteiger partial charge in [-0.25, -0.2) is 0 Å². The monoisotopic (exact) mass is 341 g/mol. The number of carbonyl (C=O) groups is 1. The normalized spacial score (nSPS) is 13.6. The number of rotatable bonds is 6. The van der Waals surface area contributed by atoms with Gasteiger partial charge in [0.05, 0.1) is 13.1 Å². The summed E-state index contributed by atoms with van der Waals surface area (Å²) in [5.74, 6) is 0.429. The molecule has 0 saturated carbocycles. The van der Waals surface area contributed by atoms with Gasteiger partial charge in [0, 0.05) is 5.39 Å². The molecule has 3 aromatic rings. The minimum absolute atomic E-state index is 0.158. The van der Waals surface area contributed by atoms with Gasteiger partial charge in [0.1, 0.15) is 16.9 Å². The molecule has 0 spiro atoms. The van der Waals surface area contributed by atoms with Gasteiger partial charge in [-0.3, -0.25) is 4.79 Å². The molecule has 5 heteroatoms. The molecule has 2 heterocycles. The van der Waals surface area contributed by atoms with Gasteiger partial charge in [-0.1, -0.05) is 24.8 Å². The number of nitrogens with zero attached hydrogens (tertiary/aromatic N) is 1. The summed E-state index contributed by atoms with van der Waals surface area (Å²) >= 11 is 1.51. The van der Waals surface area contributed by atoms with Crippen molar-refractivity contribution in [3.8, 4) is 0 Å². The Morgan fingerprint density at radius 3 is 2.88 bits per heavy atom. The van der Waals surface area contributed by atoms with Crippen LogP contribution in [-0.2, 0) is 16.9 Å². The smallest absolute Gasteiger partial charge is 0.246 e. The molecule has 1 aromatic carbocycles. The predicted octanol–water partition coefficient (Wildman–Crippen LogP) is 3.92. The standard InChI is InChI=1S/C19H19NO3S/c1-3-18(21)20(13-19(2,22)15-8-9-24-12-15)11-16-10-14-6-4-5-7-17(14)23-16/h3-10,12,22H,1,11,13H2,2H3. The maximum Gasteiger partial charge on any atom is 0.246 e.